The molecule has 0 spiro atoms. The van der Waals surface area contributed by atoms with Crippen LogP contribution in [0.25, 0.3) is 5.52 Å². The first-order chi connectivity index (χ1) is 13.5. The molecule has 2 aromatic heterocycles. The van der Waals surface area contributed by atoms with E-state index in [0.29, 0.717) is 18.9 Å². The minimum Gasteiger partial charge on any atom is -0.508 e. The standard InChI is InChI=1S/C19H23N7O2/c20-16-5-6-25(10-15(16)18(21)28)9-12-4-7-26-17(12)19(22-11-23-26)24-13-2-1-3-14(27)8-13/h1-4,7-8,11,15-16,27H,5-6,9-10,20H2,(H2,21,28)(H,22,23,24). The van der Waals surface area contributed by atoms with Crippen LogP contribution in [0.3, 0.4) is 0 Å². The Bertz CT molecular complexity index is 1000. The number of hydrogen-bond donors (Lipinski definition) is 4. The number of benzene rings is 1. The summed E-state index contributed by atoms with van der Waals surface area (Å²) in [6, 6.07) is 8.65. The van der Waals surface area contributed by atoms with Crippen LogP contribution in [-0.2, 0) is 11.3 Å². The molecule has 1 aromatic carbocycles. The molecule has 1 saturated heterocycles. The summed E-state index contributed by atoms with van der Waals surface area (Å²) < 4.78 is 1.76. The Morgan fingerprint density at radius 3 is 3.00 bits per heavy atom. The topological polar surface area (TPSA) is 135 Å². The lowest BCUT2D eigenvalue weighted by Crippen LogP contribution is -2.51. The molecule has 4 rings (SSSR count). The van der Waals surface area contributed by atoms with Crippen molar-refractivity contribution < 1.29 is 9.90 Å². The van der Waals surface area contributed by atoms with Gasteiger partial charge in [-0.05, 0) is 30.2 Å². The zero-order valence-electron chi connectivity index (χ0n) is 15.3. The van der Waals surface area contributed by atoms with Gasteiger partial charge in [0.1, 0.15) is 17.6 Å². The normalized spacial score (nSPS) is 20.3. The number of likely N-dealkylation sites (tertiary alicyclic amines) is 1. The zero-order chi connectivity index (χ0) is 19.7. The first-order valence-electron chi connectivity index (χ1n) is 9.16. The third-order valence-corrected chi connectivity index (χ3v) is 5.16. The molecule has 3 aromatic rings. The van der Waals surface area contributed by atoms with Crippen molar-refractivity contribution in [2.45, 2.75) is 19.0 Å². The molecule has 0 aliphatic carbocycles. The largest absolute Gasteiger partial charge is 0.508 e. The van der Waals surface area contributed by atoms with E-state index >= 15 is 0 Å². The molecule has 1 fully saturated rings. The van der Waals surface area contributed by atoms with Crippen LogP contribution < -0.4 is 16.8 Å². The highest BCUT2D eigenvalue weighted by Gasteiger charge is 2.31. The lowest BCUT2D eigenvalue weighted by Gasteiger charge is -2.35. The van der Waals surface area contributed by atoms with Crippen LogP contribution in [0.5, 0.6) is 5.75 Å². The number of nitrogens with zero attached hydrogens (tertiary/aromatic N) is 4. The molecule has 6 N–H and O–H groups in total. The summed E-state index contributed by atoms with van der Waals surface area (Å²) in [5.41, 5.74) is 14.2. The fourth-order valence-electron chi connectivity index (χ4n) is 3.68. The fourth-order valence-corrected chi connectivity index (χ4v) is 3.68. The number of phenols is 1. The maximum absolute atomic E-state index is 11.7. The number of carbonyl (C=O) groups is 1. The quantitative estimate of drug-likeness (QED) is 0.514. The first kappa shape index (κ1) is 18.2. The Morgan fingerprint density at radius 2 is 2.21 bits per heavy atom. The van der Waals surface area contributed by atoms with E-state index in [-0.39, 0.29) is 23.6 Å². The average molecular weight is 381 g/mol. The minimum atomic E-state index is -0.353. The number of rotatable bonds is 5. The van der Waals surface area contributed by atoms with Crippen LogP contribution >= 0.6 is 0 Å². The molecular weight excluding hydrogens is 358 g/mol. The third kappa shape index (κ3) is 3.62. The molecule has 0 bridgehead atoms. The van der Waals surface area contributed by atoms with E-state index < -0.39 is 0 Å². The first-order valence-corrected chi connectivity index (χ1v) is 9.16. The van der Waals surface area contributed by atoms with Gasteiger partial charge >= 0.3 is 0 Å². The van der Waals surface area contributed by atoms with Crippen molar-refractivity contribution in [3.05, 3.63) is 48.4 Å². The highest BCUT2D eigenvalue weighted by molar-refractivity contribution is 5.78. The average Bonchev–Trinajstić information content (AvgIpc) is 3.07. The molecule has 1 aliphatic rings. The zero-order valence-corrected chi connectivity index (χ0v) is 15.3. The molecule has 2 unspecified atom stereocenters. The predicted molar refractivity (Wildman–Crippen MR) is 105 cm³/mol. The maximum Gasteiger partial charge on any atom is 0.223 e. The van der Waals surface area contributed by atoms with Gasteiger partial charge in [-0.2, -0.15) is 5.10 Å². The molecule has 28 heavy (non-hydrogen) atoms. The van der Waals surface area contributed by atoms with Gasteiger partial charge < -0.3 is 21.9 Å². The number of fused-ring (bicyclic) bond motifs is 1. The number of amides is 1. The van der Waals surface area contributed by atoms with Crippen molar-refractivity contribution in [1.29, 1.82) is 0 Å². The number of aromatic nitrogens is 3. The molecule has 9 nitrogen and oxygen atoms in total. The van der Waals surface area contributed by atoms with E-state index in [1.807, 2.05) is 18.3 Å². The molecule has 0 saturated carbocycles. The van der Waals surface area contributed by atoms with Gasteiger partial charge in [0.2, 0.25) is 5.91 Å². The number of piperidine rings is 1. The Balaban J connectivity index is 1.61. The summed E-state index contributed by atoms with van der Waals surface area (Å²) in [7, 11) is 0. The molecule has 146 valence electrons. The predicted octanol–water partition coefficient (Wildman–Crippen LogP) is 0.813. The van der Waals surface area contributed by atoms with Crippen LogP contribution in [0.2, 0.25) is 0 Å². The van der Waals surface area contributed by atoms with E-state index in [0.717, 1.165) is 29.7 Å². The van der Waals surface area contributed by atoms with Crippen LogP contribution in [0, 0.1) is 5.92 Å². The van der Waals surface area contributed by atoms with Crippen molar-refractivity contribution in [2.24, 2.45) is 17.4 Å². The second-order valence-electron chi connectivity index (χ2n) is 7.11. The Morgan fingerprint density at radius 1 is 1.36 bits per heavy atom. The Kier molecular flexibility index (Phi) is 4.84. The van der Waals surface area contributed by atoms with Crippen LogP contribution in [0.4, 0.5) is 11.5 Å². The fraction of sp³-hybridized carbons (Fsp3) is 0.316. The van der Waals surface area contributed by atoms with Gasteiger partial charge in [-0.25, -0.2) is 9.50 Å². The Labute approximate surface area is 162 Å². The summed E-state index contributed by atoms with van der Waals surface area (Å²) in [5, 5.41) is 17.2. The minimum absolute atomic E-state index is 0.174. The van der Waals surface area contributed by atoms with Gasteiger partial charge in [0.25, 0.3) is 0 Å². The molecule has 0 radical (unpaired) electrons. The van der Waals surface area contributed by atoms with Crippen molar-refractivity contribution in [3.63, 3.8) is 0 Å². The molecule has 1 amide bonds. The summed E-state index contributed by atoms with van der Waals surface area (Å²) in [4.78, 5) is 18.2. The second kappa shape index (κ2) is 7.45. The number of primary amides is 1. The smallest absolute Gasteiger partial charge is 0.223 e. The number of anilines is 2. The van der Waals surface area contributed by atoms with Gasteiger partial charge in [-0.1, -0.05) is 6.07 Å². The summed E-state index contributed by atoms with van der Waals surface area (Å²) in [6.07, 6.45) is 4.08. The van der Waals surface area contributed by atoms with Gasteiger partial charge in [-0.3, -0.25) is 9.69 Å². The number of hydrogen-bond acceptors (Lipinski definition) is 7. The summed E-state index contributed by atoms with van der Waals surface area (Å²) >= 11 is 0. The van der Waals surface area contributed by atoms with Crippen molar-refractivity contribution in [2.75, 3.05) is 18.4 Å². The number of aromatic hydroxyl groups is 1. The van der Waals surface area contributed by atoms with Crippen LogP contribution in [0.15, 0.2) is 42.9 Å². The second-order valence-corrected chi connectivity index (χ2v) is 7.11. The lowest BCUT2D eigenvalue weighted by atomic mass is 9.92. The third-order valence-electron chi connectivity index (χ3n) is 5.16. The number of nitrogens with two attached hydrogens (primary N) is 2. The molecule has 3 heterocycles. The van der Waals surface area contributed by atoms with Crippen LogP contribution in [-0.4, -0.2) is 49.6 Å². The SMILES string of the molecule is NC(=O)C1CN(Cc2ccn3ncnc(Nc4cccc(O)c4)c23)CCC1N. The monoisotopic (exact) mass is 381 g/mol. The van der Waals surface area contributed by atoms with E-state index in [1.54, 1.807) is 22.7 Å². The van der Waals surface area contributed by atoms with E-state index in [4.69, 9.17) is 11.5 Å². The van der Waals surface area contributed by atoms with Gasteiger partial charge in [-0.15, -0.1) is 0 Å². The van der Waals surface area contributed by atoms with Crippen molar-refractivity contribution >= 4 is 22.9 Å². The van der Waals surface area contributed by atoms with E-state index in [9.17, 15) is 9.90 Å². The summed E-state index contributed by atoms with van der Waals surface area (Å²) in [6.45, 7) is 1.97. The highest BCUT2D eigenvalue weighted by atomic mass is 16.3. The van der Waals surface area contributed by atoms with Crippen LogP contribution in [0.1, 0.15) is 12.0 Å². The van der Waals surface area contributed by atoms with Gasteiger partial charge in [0, 0.05) is 43.6 Å². The van der Waals surface area contributed by atoms with Gasteiger partial charge in [0.15, 0.2) is 5.82 Å². The number of phenolic OH excluding ortho intramolecular Hbond substituents is 1. The van der Waals surface area contributed by atoms with Gasteiger partial charge in [0.05, 0.1) is 5.92 Å². The maximum atomic E-state index is 11.7. The van der Waals surface area contributed by atoms with Crippen molar-refractivity contribution in [1.82, 2.24) is 19.5 Å². The number of nitrogens with one attached hydrogen (secondary N) is 1. The molecule has 2 atom stereocenters. The molecular formula is C19H23N7O2. The molecule has 9 heteroatoms. The lowest BCUT2D eigenvalue weighted by molar-refractivity contribution is -0.124. The van der Waals surface area contributed by atoms with Crippen molar-refractivity contribution in [3.8, 4) is 5.75 Å². The van der Waals surface area contributed by atoms with E-state index in [1.165, 1.54) is 6.33 Å². The summed E-state index contributed by atoms with van der Waals surface area (Å²) in [5.74, 6) is 0.117. The molecule has 1 aliphatic heterocycles. The Hall–Kier alpha value is -3.17. The van der Waals surface area contributed by atoms with E-state index in [2.05, 4.69) is 20.3 Å². The highest BCUT2D eigenvalue weighted by Crippen LogP contribution is 2.26. The number of carbonyl (C=O) groups excluding carboxylic acids is 1.